The molecule has 2 unspecified atom stereocenters. The first-order valence-corrected chi connectivity index (χ1v) is 27.6. The number of esters is 1. The number of aryl methyl sites for hydroxylation is 1. The zero-order chi connectivity index (χ0) is 49.6. The first kappa shape index (κ1) is 50.0. The van der Waals surface area contributed by atoms with Crippen LogP contribution in [0.4, 0.5) is 4.79 Å². The average Bonchev–Trinajstić information content (AvgIpc) is 3.98. The van der Waals surface area contributed by atoms with Crippen molar-refractivity contribution in [3.05, 3.63) is 70.8 Å². The second-order valence-corrected chi connectivity index (χ2v) is 23.8. The van der Waals surface area contributed by atoms with Crippen LogP contribution in [0.15, 0.2) is 54.6 Å². The summed E-state index contributed by atoms with van der Waals surface area (Å²) in [5, 5.41) is 5.37. The van der Waals surface area contributed by atoms with Crippen LogP contribution in [0.2, 0.25) is 0 Å². The fraction of sp³-hybridized carbons (Fsp3) is 0.549. The Balaban J connectivity index is 0.992. The van der Waals surface area contributed by atoms with Gasteiger partial charge in [-0.3, -0.25) is 9.78 Å². The van der Waals surface area contributed by atoms with Crippen LogP contribution in [-0.2, 0) is 46.4 Å². The first-order valence-electron chi connectivity index (χ1n) is 24.4. The number of nitrogens with zero attached hydrogens (tertiary/aromatic N) is 7. The number of amides is 5. The van der Waals surface area contributed by atoms with Crippen LogP contribution in [0, 0.1) is 11.3 Å². The van der Waals surface area contributed by atoms with Crippen molar-refractivity contribution in [2.45, 2.75) is 107 Å². The SMILES string of the molecule is C=CC(=O)N1CCOC2(CCN(C(=O)N(C)[C@H](C(=O)N[I-]C3Cc4nc(cs4)-c4ccc5c(c4)c4c(n5CC)-c5cccnc5[C@@H](OC)C4C(C)(C)COC(=O)[C@@H]4CCCN(N4)C3=O)C(C)C)CC2)C1. The van der Waals surface area contributed by atoms with E-state index in [1.807, 2.05) is 25.3 Å². The standard InChI is InChI=1S/C51H65IN9O8S/c1-9-39(62)59-23-24-69-51(28-59)17-21-58(22-18-51)49(66)57(7)43(30(3)4)46(63)55-52-34-26-38-54-36(27-70-38)31-15-16-37-33(25-31)40-41(45(67-8)42-32(13-11-19-53-42)44(40)60(37)10-2)50(5,6)29-68-48(65)35-14-12-20-61(56-35)47(34)64/h9,11,13,15-16,19,25,27,30,34-35,41,43,45,56H,1,10,12,14,17-18,20-24,26,28-29H2,2-8H3,(H,55,63)/q-1/t34?,35-,41?,43-,45-/m0/s1. The van der Waals surface area contributed by atoms with E-state index in [2.05, 4.69) is 65.1 Å². The Kier molecular flexibility index (Phi) is 14.5. The summed E-state index contributed by atoms with van der Waals surface area (Å²) in [4.78, 5) is 84.8. The molecule has 3 saturated heterocycles. The number of aromatic nitrogens is 3. The van der Waals surface area contributed by atoms with E-state index < -0.39 is 60.6 Å². The number of cyclic esters (lactones) is 1. The van der Waals surface area contributed by atoms with Gasteiger partial charge in [-0.15, -0.1) is 0 Å². The van der Waals surface area contributed by atoms with Crippen LogP contribution in [0.1, 0.15) is 88.6 Å². The molecule has 4 aromatic rings. The summed E-state index contributed by atoms with van der Waals surface area (Å²) in [5.74, 6) is -1.62. The van der Waals surface area contributed by atoms with Crippen molar-refractivity contribution in [1.82, 2.24) is 43.2 Å². The number of urea groups is 1. The molecule has 5 aliphatic rings. The first-order chi connectivity index (χ1) is 33.6. The van der Waals surface area contributed by atoms with Gasteiger partial charge in [-0.25, -0.2) is 0 Å². The van der Waals surface area contributed by atoms with E-state index in [0.29, 0.717) is 65.0 Å². The molecule has 6 bridgehead atoms. The van der Waals surface area contributed by atoms with E-state index >= 15 is 0 Å². The number of likely N-dealkylation sites (N-methyl/N-ethyl adjacent to an activating group) is 1. The van der Waals surface area contributed by atoms with Crippen LogP contribution in [0.3, 0.4) is 0 Å². The molecule has 1 spiro atoms. The number of ether oxygens (including phenoxy) is 3. The van der Waals surface area contributed by atoms with Gasteiger partial charge < -0.3 is 0 Å². The Bertz CT molecular complexity index is 2680. The Morgan fingerprint density at radius 1 is 1.13 bits per heavy atom. The summed E-state index contributed by atoms with van der Waals surface area (Å²) in [7, 11) is 3.37. The number of pyridine rings is 1. The fourth-order valence-electron chi connectivity index (χ4n) is 11.3. The van der Waals surface area contributed by atoms with Gasteiger partial charge in [-0.1, -0.05) is 6.58 Å². The molecule has 5 atom stereocenters. The number of benzene rings is 1. The number of halogens is 1. The van der Waals surface area contributed by atoms with Crippen molar-refractivity contribution < 1.29 is 59.7 Å². The van der Waals surface area contributed by atoms with Gasteiger partial charge in [0.1, 0.15) is 0 Å². The molecule has 9 rings (SSSR count). The third kappa shape index (κ3) is 9.36. The van der Waals surface area contributed by atoms with Gasteiger partial charge in [0.15, 0.2) is 0 Å². The molecule has 70 heavy (non-hydrogen) atoms. The summed E-state index contributed by atoms with van der Waals surface area (Å²) in [5.41, 5.74) is 8.92. The number of alkyl halides is 1. The molecule has 3 aromatic heterocycles. The molecule has 17 nitrogen and oxygen atoms in total. The van der Waals surface area contributed by atoms with E-state index in [1.165, 1.54) is 27.3 Å². The molecular formula is C51H65IN9O8S-. The van der Waals surface area contributed by atoms with Crippen LogP contribution in [0.25, 0.3) is 33.4 Å². The molecule has 7 heterocycles. The number of hydrogen-bond acceptors (Lipinski definition) is 12. The summed E-state index contributed by atoms with van der Waals surface area (Å²) >= 11 is 0.106. The summed E-state index contributed by atoms with van der Waals surface area (Å²) in [6.07, 6.45) is 5.17. The van der Waals surface area contributed by atoms with Gasteiger partial charge in [0.25, 0.3) is 0 Å². The Hall–Kier alpha value is -4.96. The molecule has 0 saturated carbocycles. The number of methoxy groups -OCH3 is 1. The topological polar surface area (TPSA) is 181 Å². The molecule has 19 heteroatoms. The number of carbonyl (C=O) groups is 5. The van der Waals surface area contributed by atoms with Crippen LogP contribution in [0.5, 0.6) is 0 Å². The van der Waals surface area contributed by atoms with Gasteiger partial charge in [-0.2, -0.15) is 0 Å². The van der Waals surface area contributed by atoms with E-state index in [9.17, 15) is 24.0 Å². The number of hydrogen-bond donors (Lipinski definition) is 2. The van der Waals surface area contributed by atoms with E-state index in [0.717, 1.165) is 56.2 Å². The number of morpholine rings is 1. The second-order valence-electron chi connectivity index (χ2n) is 20.1. The molecule has 1 aliphatic carbocycles. The predicted molar refractivity (Wildman–Crippen MR) is 261 cm³/mol. The molecule has 4 aliphatic heterocycles. The number of hydrazine groups is 1. The molecule has 5 amide bonds. The van der Waals surface area contributed by atoms with Crippen LogP contribution >= 0.6 is 11.3 Å². The maximum absolute atomic E-state index is 14.7. The van der Waals surface area contributed by atoms with Gasteiger partial charge in [0.2, 0.25) is 0 Å². The minimum absolute atomic E-state index is 0.0933. The van der Waals surface area contributed by atoms with Gasteiger partial charge in [0, 0.05) is 13.3 Å². The molecule has 376 valence electrons. The zero-order valence-corrected chi connectivity index (χ0v) is 44.1. The fourth-order valence-corrected chi connectivity index (χ4v) is 14.7. The molecule has 0 radical (unpaired) electrons. The van der Waals surface area contributed by atoms with Crippen molar-refractivity contribution in [3.8, 4) is 22.5 Å². The third-order valence-electron chi connectivity index (χ3n) is 14.9. The van der Waals surface area contributed by atoms with Gasteiger partial charge >= 0.3 is 385 Å². The van der Waals surface area contributed by atoms with Crippen molar-refractivity contribution in [2.75, 3.05) is 60.1 Å². The van der Waals surface area contributed by atoms with Crippen LogP contribution < -0.4 is 30.4 Å². The van der Waals surface area contributed by atoms with Crippen molar-refractivity contribution in [1.29, 1.82) is 0 Å². The summed E-state index contributed by atoms with van der Waals surface area (Å²) < 4.78 is 23.7. The average molecular weight is 1090 g/mol. The van der Waals surface area contributed by atoms with Crippen molar-refractivity contribution >= 4 is 52.0 Å². The quantitative estimate of drug-likeness (QED) is 0.0872. The number of thiazole rings is 1. The third-order valence-corrected chi connectivity index (χ3v) is 18.3. The van der Waals surface area contributed by atoms with Crippen LogP contribution in [-0.4, -0.2) is 146 Å². The Morgan fingerprint density at radius 3 is 2.64 bits per heavy atom. The van der Waals surface area contributed by atoms with E-state index in [4.69, 9.17) is 24.2 Å². The zero-order valence-electron chi connectivity index (χ0n) is 41.2. The summed E-state index contributed by atoms with van der Waals surface area (Å²) in [6, 6.07) is 8.70. The number of carbonyl (C=O) groups excluding carboxylic acids is 5. The van der Waals surface area contributed by atoms with Crippen molar-refractivity contribution in [2.24, 2.45) is 11.3 Å². The van der Waals surface area contributed by atoms with Crippen molar-refractivity contribution in [3.63, 3.8) is 0 Å². The number of rotatable bonds is 8. The minimum atomic E-state index is -1.37. The Morgan fingerprint density at radius 2 is 1.91 bits per heavy atom. The van der Waals surface area contributed by atoms with Gasteiger partial charge in [0.05, 0.1) is 0 Å². The number of piperidine rings is 1. The molecule has 2 N–H and O–H groups in total. The van der Waals surface area contributed by atoms with E-state index in [1.54, 1.807) is 30.2 Å². The molecule has 1 aromatic carbocycles. The molecular weight excluding hydrogens is 1030 g/mol. The monoisotopic (exact) mass is 1090 g/mol. The number of nitrogens with one attached hydrogen (secondary N) is 2. The van der Waals surface area contributed by atoms with Gasteiger partial charge in [-0.05, 0) is 12.1 Å². The predicted octanol–water partition coefficient (Wildman–Crippen LogP) is 2.70. The maximum atomic E-state index is 14.7. The Labute approximate surface area is 424 Å². The normalized spacial score (nSPS) is 23.7. The van der Waals surface area contributed by atoms with E-state index in [-0.39, 0.29) is 48.6 Å². The number of likely N-dealkylation sites (tertiary alicyclic amines) is 1. The number of fused-ring (bicyclic) bond motifs is 8. The second kappa shape index (κ2) is 20.3. The summed E-state index contributed by atoms with van der Waals surface area (Å²) in [6.45, 7) is 17.2. The molecule has 3 fully saturated rings.